The van der Waals surface area contributed by atoms with E-state index in [1.165, 1.54) is 12.3 Å². The minimum atomic E-state index is -4.77. The van der Waals surface area contributed by atoms with Gasteiger partial charge in [0.2, 0.25) is 0 Å². The lowest BCUT2D eigenvalue weighted by molar-refractivity contribution is -0.120. The summed E-state index contributed by atoms with van der Waals surface area (Å²) in [6.07, 6.45) is -2.79. The number of pyridine rings is 1. The summed E-state index contributed by atoms with van der Waals surface area (Å²) in [5, 5.41) is 13.4. The Kier molecular flexibility index (Phi) is 5.12. The van der Waals surface area contributed by atoms with Crippen molar-refractivity contribution in [1.82, 2.24) is 15.6 Å². The minimum absolute atomic E-state index is 0.117. The quantitative estimate of drug-likeness (QED) is 0.579. The molecule has 2 atom stereocenters. The first-order valence-electron chi connectivity index (χ1n) is 11.2. The van der Waals surface area contributed by atoms with Gasteiger partial charge in [-0.1, -0.05) is 25.1 Å². The SMILES string of the molecule is CC[C@@]1(c2cccc(-c3ccncc3F)c2)C2=C(CC(C)(C)NC2=O)NC2N=NC(C(F)(F)F)=C21. The Morgan fingerprint density at radius 2 is 1.97 bits per heavy atom. The van der Waals surface area contributed by atoms with E-state index in [-0.39, 0.29) is 23.1 Å². The van der Waals surface area contributed by atoms with Crippen molar-refractivity contribution in [2.24, 2.45) is 10.2 Å². The fourth-order valence-corrected chi connectivity index (χ4v) is 5.49. The summed E-state index contributed by atoms with van der Waals surface area (Å²) in [5.41, 5.74) is -1.39. The molecule has 4 heterocycles. The number of alkyl halides is 3. The lowest BCUT2D eigenvalue weighted by atomic mass is 9.61. The van der Waals surface area contributed by atoms with E-state index in [4.69, 9.17) is 0 Å². The van der Waals surface area contributed by atoms with Crippen LogP contribution in [0, 0.1) is 5.82 Å². The lowest BCUT2D eigenvalue weighted by Crippen LogP contribution is -2.58. The van der Waals surface area contributed by atoms with Crippen LogP contribution in [0.4, 0.5) is 17.6 Å². The molecular formula is C25H23F4N5O. The summed E-state index contributed by atoms with van der Waals surface area (Å²) < 4.78 is 57.0. The second kappa shape index (κ2) is 7.73. The molecule has 0 aliphatic carbocycles. The van der Waals surface area contributed by atoms with E-state index in [0.29, 0.717) is 23.2 Å². The number of hydrogen-bond donors (Lipinski definition) is 2. The maximum absolute atomic E-state index is 14.5. The number of aromatic nitrogens is 1. The molecule has 6 nitrogen and oxygen atoms in total. The third-order valence-electron chi connectivity index (χ3n) is 6.84. The van der Waals surface area contributed by atoms with Crippen LogP contribution >= 0.6 is 0 Å². The zero-order valence-electron chi connectivity index (χ0n) is 19.3. The zero-order chi connectivity index (χ0) is 25.2. The van der Waals surface area contributed by atoms with Crippen molar-refractivity contribution < 1.29 is 22.4 Å². The third kappa shape index (κ3) is 3.54. The van der Waals surface area contributed by atoms with Crippen molar-refractivity contribution in [1.29, 1.82) is 0 Å². The highest BCUT2D eigenvalue weighted by molar-refractivity contribution is 6.00. The average Bonchev–Trinajstić information content (AvgIpc) is 3.22. The van der Waals surface area contributed by atoms with Crippen LogP contribution in [-0.4, -0.2) is 28.8 Å². The molecule has 0 bridgehead atoms. The van der Waals surface area contributed by atoms with E-state index in [0.717, 1.165) is 6.20 Å². The van der Waals surface area contributed by atoms with Crippen LogP contribution in [0.2, 0.25) is 0 Å². The minimum Gasteiger partial charge on any atom is -0.362 e. The van der Waals surface area contributed by atoms with E-state index in [1.807, 2.05) is 13.8 Å². The van der Waals surface area contributed by atoms with Crippen LogP contribution < -0.4 is 10.6 Å². The number of benzene rings is 1. The topological polar surface area (TPSA) is 78.7 Å². The number of halogens is 4. The summed E-state index contributed by atoms with van der Waals surface area (Å²) in [4.78, 5) is 17.3. The second-order valence-corrected chi connectivity index (χ2v) is 9.59. The van der Waals surface area contributed by atoms with Crippen molar-refractivity contribution in [3.05, 3.63) is 76.6 Å². The fraction of sp³-hybridized carbons (Fsp3) is 0.360. The molecule has 5 rings (SSSR count). The van der Waals surface area contributed by atoms with Crippen LogP contribution in [0.1, 0.15) is 39.2 Å². The van der Waals surface area contributed by atoms with Gasteiger partial charge in [-0.25, -0.2) is 4.39 Å². The molecule has 1 aromatic carbocycles. The number of nitrogens with one attached hydrogen (secondary N) is 2. The molecule has 1 amide bonds. The van der Waals surface area contributed by atoms with Gasteiger partial charge in [-0.2, -0.15) is 18.3 Å². The number of fused-ring (bicyclic) bond motifs is 1. The van der Waals surface area contributed by atoms with Crippen LogP contribution in [0.15, 0.2) is 75.5 Å². The highest BCUT2D eigenvalue weighted by atomic mass is 19.4. The molecule has 1 unspecified atom stereocenters. The van der Waals surface area contributed by atoms with Crippen molar-refractivity contribution in [3.63, 3.8) is 0 Å². The summed E-state index contributed by atoms with van der Waals surface area (Å²) in [5.74, 6) is -1.01. The molecule has 0 saturated carbocycles. The highest BCUT2D eigenvalue weighted by Crippen LogP contribution is 2.55. The maximum atomic E-state index is 14.5. The zero-order valence-corrected chi connectivity index (χ0v) is 19.3. The molecule has 2 aromatic rings. The standard InChI is InChI=1S/C25H23F4N5O/c1-4-24(14-7-5-6-13(10-14)15-8-9-30-12-16(15)26)18-17(11-23(2,3)32-22(18)35)31-21-19(24)20(33-34-21)25(27,28)29/h5-10,12,21,31H,4,11H2,1-3H3,(H,32,35)/t21?,24-/m1/s1. The van der Waals surface area contributed by atoms with Gasteiger partial charge >= 0.3 is 6.18 Å². The normalized spacial score (nSPS) is 25.2. The van der Waals surface area contributed by atoms with Gasteiger partial charge in [0.05, 0.1) is 17.2 Å². The predicted molar refractivity (Wildman–Crippen MR) is 120 cm³/mol. The highest BCUT2D eigenvalue weighted by Gasteiger charge is 2.57. The summed E-state index contributed by atoms with van der Waals surface area (Å²) in [7, 11) is 0. The molecule has 3 aliphatic rings. The molecule has 0 spiro atoms. The largest absolute Gasteiger partial charge is 0.435 e. The first-order chi connectivity index (χ1) is 16.5. The molecule has 2 N–H and O–H groups in total. The fourth-order valence-electron chi connectivity index (χ4n) is 5.49. The van der Waals surface area contributed by atoms with Gasteiger partial charge in [0.1, 0.15) is 5.82 Å². The molecule has 1 aromatic heterocycles. The van der Waals surface area contributed by atoms with Gasteiger partial charge in [0.25, 0.3) is 5.91 Å². The van der Waals surface area contributed by atoms with Crippen molar-refractivity contribution >= 4 is 5.91 Å². The summed E-state index contributed by atoms with van der Waals surface area (Å²) in [6.45, 7) is 5.43. The van der Waals surface area contributed by atoms with E-state index in [1.54, 1.807) is 31.2 Å². The maximum Gasteiger partial charge on any atom is 0.435 e. The van der Waals surface area contributed by atoms with E-state index < -0.39 is 40.7 Å². The Bertz CT molecular complexity index is 1330. The van der Waals surface area contributed by atoms with Crippen molar-refractivity contribution in [2.75, 3.05) is 0 Å². The molecule has 35 heavy (non-hydrogen) atoms. The van der Waals surface area contributed by atoms with Gasteiger partial charge in [-0.3, -0.25) is 9.78 Å². The molecule has 3 aliphatic heterocycles. The number of rotatable bonds is 3. The molecule has 0 radical (unpaired) electrons. The van der Waals surface area contributed by atoms with Crippen LogP contribution in [0.5, 0.6) is 0 Å². The molecule has 182 valence electrons. The first-order valence-corrected chi connectivity index (χ1v) is 11.2. The third-order valence-corrected chi connectivity index (χ3v) is 6.84. The number of carbonyl (C=O) groups excluding carboxylic acids is 1. The Morgan fingerprint density at radius 3 is 2.66 bits per heavy atom. The second-order valence-electron chi connectivity index (χ2n) is 9.59. The summed E-state index contributed by atoms with van der Waals surface area (Å²) in [6, 6.07) is 8.14. The number of azo groups is 1. The predicted octanol–water partition coefficient (Wildman–Crippen LogP) is 5.30. The molecule has 0 saturated heterocycles. The molecule has 0 fully saturated rings. The van der Waals surface area contributed by atoms with Crippen molar-refractivity contribution in [3.8, 4) is 11.1 Å². The Balaban J connectivity index is 1.83. The van der Waals surface area contributed by atoms with Gasteiger partial charge in [-0.05, 0) is 43.5 Å². The van der Waals surface area contributed by atoms with Gasteiger partial charge in [-0.15, -0.1) is 5.11 Å². The monoisotopic (exact) mass is 485 g/mol. The smallest absolute Gasteiger partial charge is 0.362 e. The van der Waals surface area contributed by atoms with Crippen LogP contribution in [0.25, 0.3) is 11.1 Å². The first kappa shape index (κ1) is 23.2. The number of nitrogens with zero attached hydrogens (tertiary/aromatic N) is 3. The lowest BCUT2D eigenvalue weighted by Gasteiger charge is -2.48. The Labute approximate surface area is 199 Å². The molecule has 10 heteroatoms. The van der Waals surface area contributed by atoms with Crippen LogP contribution in [-0.2, 0) is 10.2 Å². The van der Waals surface area contributed by atoms with Crippen molar-refractivity contribution in [2.45, 2.75) is 56.9 Å². The average molecular weight is 485 g/mol. The van der Waals surface area contributed by atoms with Gasteiger partial charge < -0.3 is 10.6 Å². The summed E-state index contributed by atoms with van der Waals surface area (Å²) >= 11 is 0. The van der Waals surface area contributed by atoms with Gasteiger partial charge in [0.15, 0.2) is 11.9 Å². The number of amides is 1. The van der Waals surface area contributed by atoms with E-state index in [2.05, 4.69) is 25.8 Å². The Morgan fingerprint density at radius 1 is 1.20 bits per heavy atom. The number of allylic oxidation sites excluding steroid dienone is 1. The van der Waals surface area contributed by atoms with Gasteiger partial charge in [0, 0.05) is 35.0 Å². The van der Waals surface area contributed by atoms with E-state index >= 15 is 0 Å². The number of hydrogen-bond acceptors (Lipinski definition) is 5. The molecular weight excluding hydrogens is 462 g/mol. The number of carbonyl (C=O) groups is 1. The van der Waals surface area contributed by atoms with E-state index in [9.17, 15) is 22.4 Å². The van der Waals surface area contributed by atoms with Crippen LogP contribution in [0.3, 0.4) is 0 Å². The Hall–Kier alpha value is -3.56.